The van der Waals surface area contributed by atoms with E-state index in [-0.39, 0.29) is 5.82 Å². The molecule has 2 N–H and O–H groups in total. The number of nitrogens with zero attached hydrogens (tertiary/aromatic N) is 2. The van der Waals surface area contributed by atoms with Crippen molar-refractivity contribution in [3.63, 3.8) is 0 Å². The fourth-order valence-corrected chi connectivity index (χ4v) is 2.58. The van der Waals surface area contributed by atoms with Crippen molar-refractivity contribution in [1.29, 1.82) is 0 Å². The average Bonchev–Trinajstić information content (AvgIpc) is 2.63. The highest BCUT2D eigenvalue weighted by molar-refractivity contribution is 5.92. The van der Waals surface area contributed by atoms with Crippen molar-refractivity contribution in [3.8, 4) is 5.75 Å². The third kappa shape index (κ3) is 3.35. The lowest BCUT2D eigenvalue weighted by Crippen LogP contribution is -2.11. The van der Waals surface area contributed by atoms with Crippen LogP contribution in [0.3, 0.4) is 0 Å². The Morgan fingerprint density at radius 1 is 1.28 bits per heavy atom. The van der Waals surface area contributed by atoms with Gasteiger partial charge in [-0.05, 0) is 24.6 Å². The van der Waals surface area contributed by atoms with Gasteiger partial charge >= 0.3 is 0 Å². The summed E-state index contributed by atoms with van der Waals surface area (Å²) in [6, 6.07) is 8.70. The number of anilines is 2. The minimum Gasteiger partial charge on any atom is -0.496 e. The lowest BCUT2D eigenvalue weighted by Gasteiger charge is -2.13. The molecule has 1 aromatic heterocycles. The molecule has 0 spiro atoms. The standard InChI is InChI=1S/C18H17FN4O2/c1-11-4-3-5-14(17(11)19)23-18-13-6-12(8-20-10-24)16(25-2)7-15(13)21-9-22-18/h3-7,9-10H,8H2,1-2H3,(H,20,24)(H,21,22,23). The van der Waals surface area contributed by atoms with E-state index < -0.39 is 0 Å². The summed E-state index contributed by atoms with van der Waals surface area (Å²) >= 11 is 0. The number of nitrogens with one attached hydrogen (secondary N) is 2. The van der Waals surface area contributed by atoms with Crippen LogP contribution in [0.5, 0.6) is 5.75 Å². The number of ether oxygens (including phenoxy) is 1. The van der Waals surface area contributed by atoms with Gasteiger partial charge in [0.25, 0.3) is 0 Å². The van der Waals surface area contributed by atoms with E-state index in [0.29, 0.717) is 46.7 Å². The van der Waals surface area contributed by atoms with Crippen molar-refractivity contribution in [2.45, 2.75) is 13.5 Å². The fourth-order valence-electron chi connectivity index (χ4n) is 2.58. The van der Waals surface area contributed by atoms with Gasteiger partial charge in [-0.3, -0.25) is 4.79 Å². The summed E-state index contributed by atoms with van der Waals surface area (Å²) in [5.74, 6) is 0.753. The topological polar surface area (TPSA) is 76.1 Å². The Bertz CT molecular complexity index is 930. The van der Waals surface area contributed by atoms with Gasteiger partial charge in [0.1, 0.15) is 23.7 Å². The minimum absolute atomic E-state index is 0.301. The van der Waals surface area contributed by atoms with E-state index in [2.05, 4.69) is 20.6 Å². The molecular weight excluding hydrogens is 323 g/mol. The highest BCUT2D eigenvalue weighted by Crippen LogP contribution is 2.30. The number of aromatic nitrogens is 2. The quantitative estimate of drug-likeness (QED) is 0.675. The van der Waals surface area contributed by atoms with Crippen LogP contribution in [-0.4, -0.2) is 23.5 Å². The summed E-state index contributed by atoms with van der Waals surface area (Å²) in [5, 5.41) is 6.33. The molecule has 7 heteroatoms. The third-order valence-corrected chi connectivity index (χ3v) is 3.86. The van der Waals surface area contributed by atoms with Crippen molar-refractivity contribution in [2.75, 3.05) is 12.4 Å². The first kappa shape index (κ1) is 16.6. The monoisotopic (exact) mass is 340 g/mol. The number of amides is 1. The maximum Gasteiger partial charge on any atom is 0.207 e. The molecule has 0 atom stereocenters. The second-order valence-electron chi connectivity index (χ2n) is 5.46. The molecule has 2 aromatic carbocycles. The number of rotatable bonds is 6. The zero-order chi connectivity index (χ0) is 17.8. The molecule has 0 aliphatic heterocycles. The number of aryl methyl sites for hydroxylation is 1. The van der Waals surface area contributed by atoms with E-state index in [0.717, 1.165) is 5.56 Å². The molecule has 25 heavy (non-hydrogen) atoms. The Kier molecular flexibility index (Phi) is 4.74. The van der Waals surface area contributed by atoms with E-state index in [1.807, 2.05) is 6.07 Å². The number of carbonyl (C=O) groups excluding carboxylic acids is 1. The molecule has 128 valence electrons. The molecule has 1 amide bonds. The highest BCUT2D eigenvalue weighted by Gasteiger charge is 2.12. The van der Waals surface area contributed by atoms with Crippen LogP contribution in [0.4, 0.5) is 15.9 Å². The molecule has 0 saturated carbocycles. The van der Waals surface area contributed by atoms with E-state index in [9.17, 15) is 9.18 Å². The largest absolute Gasteiger partial charge is 0.496 e. The Morgan fingerprint density at radius 2 is 2.12 bits per heavy atom. The van der Waals surface area contributed by atoms with Gasteiger partial charge < -0.3 is 15.4 Å². The molecule has 1 heterocycles. The van der Waals surface area contributed by atoms with Crippen molar-refractivity contribution < 1.29 is 13.9 Å². The number of hydrogen-bond acceptors (Lipinski definition) is 5. The van der Waals surface area contributed by atoms with Gasteiger partial charge in [0.15, 0.2) is 0 Å². The summed E-state index contributed by atoms with van der Waals surface area (Å²) in [7, 11) is 1.55. The van der Waals surface area contributed by atoms with E-state index in [4.69, 9.17) is 4.74 Å². The first-order valence-electron chi connectivity index (χ1n) is 7.65. The molecule has 0 aliphatic carbocycles. The van der Waals surface area contributed by atoms with Gasteiger partial charge in [0, 0.05) is 23.6 Å². The molecule has 3 aromatic rings. The van der Waals surface area contributed by atoms with Crippen molar-refractivity contribution in [3.05, 3.63) is 53.6 Å². The van der Waals surface area contributed by atoms with Crippen LogP contribution >= 0.6 is 0 Å². The predicted octanol–water partition coefficient (Wildman–Crippen LogP) is 3.08. The maximum absolute atomic E-state index is 14.3. The van der Waals surface area contributed by atoms with E-state index in [1.165, 1.54) is 6.33 Å². The van der Waals surface area contributed by atoms with Gasteiger partial charge in [0.2, 0.25) is 6.41 Å². The van der Waals surface area contributed by atoms with Crippen molar-refractivity contribution >= 4 is 28.8 Å². The molecule has 3 rings (SSSR count). The van der Waals surface area contributed by atoms with E-state index in [1.54, 1.807) is 38.3 Å². The van der Waals surface area contributed by atoms with Gasteiger partial charge in [-0.25, -0.2) is 14.4 Å². The van der Waals surface area contributed by atoms with Crippen LogP contribution in [0.1, 0.15) is 11.1 Å². The molecular formula is C18H17FN4O2. The zero-order valence-electron chi connectivity index (χ0n) is 13.8. The summed E-state index contributed by atoms with van der Waals surface area (Å²) in [5.41, 5.74) is 2.30. The molecule has 0 aliphatic rings. The maximum atomic E-state index is 14.3. The average molecular weight is 340 g/mol. The SMILES string of the molecule is COc1cc2ncnc(Nc3cccc(C)c3F)c2cc1CNC=O. The predicted molar refractivity (Wildman–Crippen MR) is 93.4 cm³/mol. The first-order chi connectivity index (χ1) is 12.1. The Hall–Kier alpha value is -3.22. The molecule has 0 radical (unpaired) electrons. The van der Waals surface area contributed by atoms with Crippen molar-refractivity contribution in [2.24, 2.45) is 0 Å². The van der Waals surface area contributed by atoms with Gasteiger partial charge in [-0.1, -0.05) is 12.1 Å². The number of carbonyl (C=O) groups is 1. The zero-order valence-corrected chi connectivity index (χ0v) is 13.8. The number of fused-ring (bicyclic) bond motifs is 1. The van der Waals surface area contributed by atoms with Gasteiger partial charge in [-0.15, -0.1) is 0 Å². The fraction of sp³-hybridized carbons (Fsp3) is 0.167. The second-order valence-corrected chi connectivity index (χ2v) is 5.46. The lowest BCUT2D eigenvalue weighted by molar-refractivity contribution is -0.109. The highest BCUT2D eigenvalue weighted by atomic mass is 19.1. The normalized spacial score (nSPS) is 10.5. The van der Waals surface area contributed by atoms with Crippen molar-refractivity contribution in [1.82, 2.24) is 15.3 Å². The number of methoxy groups -OCH3 is 1. The molecule has 6 nitrogen and oxygen atoms in total. The molecule has 0 unspecified atom stereocenters. The summed E-state index contributed by atoms with van der Waals surface area (Å²) < 4.78 is 19.6. The second kappa shape index (κ2) is 7.12. The molecule has 0 bridgehead atoms. The Balaban J connectivity index is 2.08. The first-order valence-corrected chi connectivity index (χ1v) is 7.65. The van der Waals surface area contributed by atoms with Crippen LogP contribution in [-0.2, 0) is 11.3 Å². The van der Waals surface area contributed by atoms with Gasteiger partial charge in [-0.2, -0.15) is 0 Å². The van der Waals surface area contributed by atoms with Gasteiger partial charge in [0.05, 0.1) is 18.3 Å². The Morgan fingerprint density at radius 3 is 2.88 bits per heavy atom. The number of hydrogen-bond donors (Lipinski definition) is 2. The van der Waals surface area contributed by atoms with Crippen LogP contribution < -0.4 is 15.4 Å². The summed E-state index contributed by atoms with van der Waals surface area (Å²) in [6.07, 6.45) is 2.02. The van der Waals surface area contributed by atoms with Crippen LogP contribution in [0.2, 0.25) is 0 Å². The summed E-state index contributed by atoms with van der Waals surface area (Å²) in [4.78, 5) is 19.1. The number of halogens is 1. The smallest absolute Gasteiger partial charge is 0.207 e. The minimum atomic E-state index is -0.328. The van der Waals surface area contributed by atoms with Crippen LogP contribution in [0, 0.1) is 12.7 Å². The van der Waals surface area contributed by atoms with E-state index >= 15 is 0 Å². The Labute approximate surface area is 144 Å². The number of benzene rings is 2. The molecule has 0 fully saturated rings. The molecule has 0 saturated heterocycles. The van der Waals surface area contributed by atoms with Crippen LogP contribution in [0.25, 0.3) is 10.9 Å². The summed E-state index contributed by atoms with van der Waals surface area (Å²) in [6.45, 7) is 2.00. The van der Waals surface area contributed by atoms with Crippen LogP contribution in [0.15, 0.2) is 36.7 Å². The third-order valence-electron chi connectivity index (χ3n) is 3.86. The lowest BCUT2D eigenvalue weighted by atomic mass is 10.1.